The van der Waals surface area contributed by atoms with Crippen molar-refractivity contribution in [2.45, 2.75) is 57.4 Å². The van der Waals surface area contributed by atoms with Crippen LogP contribution < -0.4 is 10.1 Å². The number of rotatable bonds is 8. The fourth-order valence-electron chi connectivity index (χ4n) is 5.65. The van der Waals surface area contributed by atoms with Crippen molar-refractivity contribution in [2.24, 2.45) is 0 Å². The van der Waals surface area contributed by atoms with Crippen molar-refractivity contribution in [1.82, 2.24) is 24.8 Å². The summed E-state index contributed by atoms with van der Waals surface area (Å²) in [6.45, 7) is 5.03. The smallest absolute Gasteiger partial charge is 0.251 e. The maximum atomic E-state index is 14.8. The molecule has 2 aliphatic heterocycles. The summed E-state index contributed by atoms with van der Waals surface area (Å²) in [5, 5.41) is 22.5. The average Bonchev–Trinajstić information content (AvgIpc) is 3.02. The molecule has 3 heterocycles. The van der Waals surface area contributed by atoms with E-state index in [0.717, 1.165) is 43.6 Å². The van der Waals surface area contributed by atoms with Gasteiger partial charge in [-0.3, -0.25) is 9.59 Å². The molecule has 2 amide bonds. The van der Waals surface area contributed by atoms with Gasteiger partial charge in [-0.2, -0.15) is 10.2 Å². The fourth-order valence-corrected chi connectivity index (χ4v) is 5.65. The number of piperidine rings is 2. The molecule has 0 spiro atoms. The Morgan fingerprint density at radius 2 is 1.98 bits per heavy atom. The molecule has 3 aromatic rings. The molecule has 2 aromatic carbocycles. The van der Waals surface area contributed by atoms with E-state index in [1.54, 1.807) is 18.2 Å². The third-order valence-corrected chi connectivity index (χ3v) is 8.00. The second kappa shape index (κ2) is 13.1. The minimum absolute atomic E-state index is 0.183. The lowest BCUT2D eigenvalue weighted by atomic mass is 9.87. The summed E-state index contributed by atoms with van der Waals surface area (Å²) in [6.07, 6.45) is 0.930. The molecule has 224 valence electrons. The minimum atomic E-state index is -1.46. The molecule has 12 heteroatoms. The molecule has 3 atom stereocenters. The molecule has 43 heavy (non-hydrogen) atoms. The maximum Gasteiger partial charge on any atom is 0.251 e. The average molecular weight is 588 g/mol. The largest absolute Gasteiger partial charge is 0.486 e. The number of anilines is 2. The minimum Gasteiger partial charge on any atom is -0.486 e. The van der Waals surface area contributed by atoms with Crippen LogP contribution in [0.5, 0.6) is 5.75 Å². The van der Waals surface area contributed by atoms with Gasteiger partial charge in [-0.05, 0) is 74.1 Å². The zero-order chi connectivity index (χ0) is 30.5. The molecule has 0 radical (unpaired) electrons. The number of carbonyl (C=O) groups is 2. The number of nitrogens with zero attached hydrogens (tertiary/aromatic N) is 6. The first-order valence-corrected chi connectivity index (χ1v) is 14.3. The molecular formula is C31H34FN7O4. The number of hydrogen-bond donors (Lipinski definition) is 2. The highest BCUT2D eigenvalue weighted by Gasteiger charge is 2.34. The number of aromatic nitrogens is 3. The summed E-state index contributed by atoms with van der Waals surface area (Å²) in [4.78, 5) is 39.2. The molecule has 2 fully saturated rings. The number of amides is 2. The van der Waals surface area contributed by atoms with Crippen LogP contribution in [0.1, 0.15) is 48.8 Å². The van der Waals surface area contributed by atoms with Crippen molar-refractivity contribution < 1.29 is 23.8 Å². The highest BCUT2D eigenvalue weighted by Crippen LogP contribution is 2.32. The molecule has 1 unspecified atom stereocenters. The fraction of sp³-hybridized carbons (Fsp3) is 0.419. The van der Waals surface area contributed by atoms with E-state index < -0.39 is 24.3 Å². The van der Waals surface area contributed by atoms with Crippen LogP contribution in [0.4, 0.5) is 16.0 Å². The quantitative estimate of drug-likeness (QED) is 0.378. The summed E-state index contributed by atoms with van der Waals surface area (Å²) < 4.78 is 20.7. The van der Waals surface area contributed by atoms with E-state index in [4.69, 9.17) is 4.74 Å². The van der Waals surface area contributed by atoms with Gasteiger partial charge in [-0.15, -0.1) is 0 Å². The summed E-state index contributed by atoms with van der Waals surface area (Å²) >= 11 is 0. The standard InChI is InChI=1S/C31H34FN7O4/c1-19-13-24(4-5-25(19)21-7-10-38(18-40)11-8-21)36-31-35-17-34-29(37-31)22-3-6-27(23(14-22)15-33)43-28-9-12-39(16-26(28)32)30(42)20(2)41/h3-6,13-14,17-18,20-21,26,28,41H,7-12,16H2,1-2H3,(H,34,35,36,37)/t20?,26-,28+/m1/s1. The van der Waals surface area contributed by atoms with E-state index in [9.17, 15) is 24.3 Å². The summed E-state index contributed by atoms with van der Waals surface area (Å²) in [5.41, 5.74) is 4.02. The van der Waals surface area contributed by atoms with Gasteiger partial charge >= 0.3 is 0 Å². The lowest BCUT2D eigenvalue weighted by Gasteiger charge is -2.35. The third kappa shape index (κ3) is 6.89. The first-order valence-electron chi connectivity index (χ1n) is 14.3. The van der Waals surface area contributed by atoms with Gasteiger partial charge in [0, 0.05) is 37.3 Å². The molecule has 1 aromatic heterocycles. The predicted molar refractivity (Wildman–Crippen MR) is 156 cm³/mol. The van der Waals surface area contributed by atoms with Gasteiger partial charge in [0.15, 0.2) is 12.0 Å². The van der Waals surface area contributed by atoms with Crippen molar-refractivity contribution in [1.29, 1.82) is 5.26 Å². The van der Waals surface area contributed by atoms with Crippen molar-refractivity contribution in [2.75, 3.05) is 31.5 Å². The van der Waals surface area contributed by atoms with Gasteiger partial charge in [-0.1, -0.05) is 6.07 Å². The first kappa shape index (κ1) is 29.8. The number of halogens is 1. The Balaban J connectivity index is 1.25. The zero-order valence-corrected chi connectivity index (χ0v) is 24.1. The lowest BCUT2D eigenvalue weighted by Crippen LogP contribution is -2.51. The van der Waals surface area contributed by atoms with Crippen LogP contribution in [-0.2, 0) is 9.59 Å². The van der Waals surface area contributed by atoms with Gasteiger partial charge in [0.2, 0.25) is 12.4 Å². The molecular weight excluding hydrogens is 553 g/mol. The normalized spacial score (nSPS) is 19.8. The Hall–Kier alpha value is -4.63. The molecule has 11 nitrogen and oxygen atoms in total. The van der Waals surface area contributed by atoms with Gasteiger partial charge in [-0.25, -0.2) is 14.4 Å². The number of aryl methyl sites for hydroxylation is 1. The van der Waals surface area contributed by atoms with Crippen LogP contribution in [0.25, 0.3) is 11.4 Å². The van der Waals surface area contributed by atoms with Gasteiger partial charge in [0.05, 0.1) is 12.1 Å². The SMILES string of the molecule is Cc1cc(Nc2ncnc(-c3ccc(O[C@H]4CCN(C(=O)C(C)O)C[C@H]4F)c(C#N)c3)n2)ccc1C1CCN(C=O)CC1. The molecule has 0 aliphatic carbocycles. The highest BCUT2D eigenvalue weighted by atomic mass is 19.1. The first-order chi connectivity index (χ1) is 20.7. The Kier molecular flexibility index (Phi) is 9.11. The number of alkyl halides is 1. The molecule has 5 rings (SSSR count). The summed E-state index contributed by atoms with van der Waals surface area (Å²) in [5.74, 6) is 0.819. The molecule has 0 bridgehead atoms. The number of likely N-dealkylation sites (tertiary alicyclic amines) is 2. The number of ether oxygens (including phenoxy) is 1. The van der Waals surface area contributed by atoms with Gasteiger partial charge < -0.3 is 25.0 Å². The zero-order valence-electron chi connectivity index (χ0n) is 24.1. The van der Waals surface area contributed by atoms with E-state index in [2.05, 4.69) is 39.3 Å². The molecule has 2 saturated heterocycles. The van der Waals surface area contributed by atoms with Crippen LogP contribution in [-0.4, -0.2) is 86.7 Å². The second-order valence-corrected chi connectivity index (χ2v) is 11.0. The lowest BCUT2D eigenvalue weighted by molar-refractivity contribution is -0.143. The molecule has 2 aliphatic rings. The van der Waals surface area contributed by atoms with Gasteiger partial charge in [0.25, 0.3) is 5.91 Å². The summed E-state index contributed by atoms with van der Waals surface area (Å²) in [7, 11) is 0. The molecule has 0 saturated carbocycles. The Bertz CT molecular complexity index is 1520. The van der Waals surface area contributed by atoms with Crippen molar-refractivity contribution in [3.63, 3.8) is 0 Å². The van der Waals surface area contributed by atoms with Gasteiger partial charge in [0.1, 0.15) is 30.4 Å². The topological polar surface area (TPSA) is 145 Å². The van der Waals surface area contributed by atoms with E-state index >= 15 is 0 Å². The number of aliphatic hydroxyl groups is 1. The van der Waals surface area contributed by atoms with E-state index in [-0.39, 0.29) is 30.8 Å². The Morgan fingerprint density at radius 3 is 2.65 bits per heavy atom. The third-order valence-electron chi connectivity index (χ3n) is 8.00. The number of nitrogens with one attached hydrogen (secondary N) is 1. The van der Waals surface area contributed by atoms with Crippen molar-refractivity contribution in [3.8, 4) is 23.2 Å². The van der Waals surface area contributed by atoms with Crippen LogP contribution in [0.3, 0.4) is 0 Å². The second-order valence-electron chi connectivity index (χ2n) is 11.0. The predicted octanol–water partition coefficient (Wildman–Crippen LogP) is 3.50. The van der Waals surface area contributed by atoms with Crippen molar-refractivity contribution >= 4 is 24.0 Å². The Labute approximate surface area is 249 Å². The number of nitriles is 1. The highest BCUT2D eigenvalue weighted by molar-refractivity contribution is 5.80. The van der Waals surface area contributed by atoms with Crippen LogP contribution in [0.2, 0.25) is 0 Å². The van der Waals surface area contributed by atoms with E-state index in [0.29, 0.717) is 23.3 Å². The van der Waals surface area contributed by atoms with Crippen LogP contribution in [0.15, 0.2) is 42.7 Å². The monoisotopic (exact) mass is 587 g/mol. The van der Waals surface area contributed by atoms with Crippen LogP contribution in [0, 0.1) is 18.3 Å². The van der Waals surface area contributed by atoms with Crippen LogP contribution >= 0.6 is 0 Å². The maximum absolute atomic E-state index is 14.8. The number of benzene rings is 2. The summed E-state index contributed by atoms with van der Waals surface area (Å²) in [6, 6.07) is 13.1. The van der Waals surface area contributed by atoms with E-state index in [1.807, 2.05) is 17.0 Å². The number of aliphatic hydroxyl groups excluding tert-OH is 1. The Morgan fingerprint density at radius 1 is 1.19 bits per heavy atom. The van der Waals surface area contributed by atoms with E-state index in [1.165, 1.54) is 23.7 Å². The number of carbonyl (C=O) groups excluding carboxylic acids is 2. The number of hydrogen-bond acceptors (Lipinski definition) is 9. The molecule has 2 N–H and O–H groups in total. The van der Waals surface area contributed by atoms with Crippen molar-refractivity contribution in [3.05, 3.63) is 59.4 Å².